The monoisotopic (exact) mass is 830 g/mol. The second-order valence-electron chi connectivity index (χ2n) is 16.8. The fourth-order valence-electron chi connectivity index (χ4n) is 7.18. The predicted octanol–water partition coefficient (Wildman–Crippen LogP) is 14.4. The number of halogens is 1. The first-order chi connectivity index (χ1) is 25.5. The summed E-state index contributed by atoms with van der Waals surface area (Å²) in [4.78, 5) is 3.63. The molecule has 0 N–H and O–H groups in total. The first-order valence-electron chi connectivity index (χ1n) is 20.9. The molecule has 0 spiro atoms. The normalized spacial score (nSPS) is 11.6. The third kappa shape index (κ3) is 16.6. The van der Waals surface area contributed by atoms with E-state index in [-0.39, 0.29) is 0 Å². The van der Waals surface area contributed by atoms with Crippen molar-refractivity contribution in [3.05, 3.63) is 104 Å². The summed E-state index contributed by atoms with van der Waals surface area (Å²) in [7, 11) is 0. The number of rotatable bonds is 22. The number of nitrogens with zero attached hydrogens (tertiary/aromatic N) is 3. The maximum atomic E-state index is 5.42. The van der Waals surface area contributed by atoms with Crippen LogP contribution in [0.15, 0.2) is 67.1 Å². The van der Waals surface area contributed by atoms with E-state index in [9.17, 15) is 0 Å². The van der Waals surface area contributed by atoms with E-state index >= 15 is 0 Å². The molecule has 0 fully saturated rings. The van der Waals surface area contributed by atoms with Crippen molar-refractivity contribution in [3.8, 4) is 11.4 Å². The van der Waals surface area contributed by atoms with Gasteiger partial charge in [-0.05, 0) is 0 Å². The van der Waals surface area contributed by atoms with Crippen molar-refractivity contribution in [1.29, 1.82) is 0 Å². The molecule has 0 aliphatic heterocycles. The Morgan fingerprint density at radius 2 is 0.868 bits per heavy atom. The molecule has 0 radical (unpaired) electrons. The van der Waals surface area contributed by atoms with Gasteiger partial charge in [-0.25, -0.2) is 0 Å². The molecule has 0 saturated heterocycles. The Morgan fingerprint density at radius 1 is 0.528 bits per heavy atom. The van der Waals surface area contributed by atoms with Crippen LogP contribution < -0.4 is 0 Å². The standard InChI is InChI=1S/C43H68N2.C5H3ClN.Pd/c1-34(2)19-9-13-23-38-27-17-28-39(24-14-10-20-35(3)4)42(38)44-31-32-45(33-44)43-40(25-15-11-21-36(5)6)29-18-30-41(43)26-16-12-22-37(7)8;6-5-2-1-3-7-4-5;/h17-18,27-32,34-37H,9-16,19-26H2,1-8H3;1-3H;/q;-1;. The zero-order valence-corrected chi connectivity index (χ0v) is 36.8. The van der Waals surface area contributed by atoms with Gasteiger partial charge in [-0.2, -0.15) is 6.07 Å². The molecular weight excluding hydrogens is 760 g/mol. The van der Waals surface area contributed by atoms with Crippen LogP contribution in [0.3, 0.4) is 0 Å². The van der Waals surface area contributed by atoms with Crippen LogP contribution in [0.4, 0.5) is 0 Å². The molecule has 3 nitrogen and oxygen atoms in total. The molecule has 4 rings (SSSR count). The molecule has 0 saturated carbocycles. The summed E-state index contributed by atoms with van der Waals surface area (Å²) in [5.41, 5.74) is 8.83. The van der Waals surface area contributed by atoms with Crippen molar-refractivity contribution < 1.29 is 18.7 Å². The maximum Gasteiger partial charge on any atom is -0.0535 e. The van der Waals surface area contributed by atoms with Crippen molar-refractivity contribution in [1.82, 2.24) is 14.1 Å². The number of para-hydroxylation sites is 2. The molecule has 296 valence electrons. The van der Waals surface area contributed by atoms with Gasteiger partial charge >= 0.3 is 296 Å². The number of aryl methyl sites for hydroxylation is 4. The van der Waals surface area contributed by atoms with Gasteiger partial charge < -0.3 is 4.98 Å². The minimum Gasteiger partial charge on any atom is -0.393 e. The number of hydrogen-bond acceptors (Lipinski definition) is 1. The van der Waals surface area contributed by atoms with Crippen LogP contribution in [0.2, 0.25) is 5.02 Å². The molecule has 4 aromatic rings. The Morgan fingerprint density at radius 3 is 1.11 bits per heavy atom. The van der Waals surface area contributed by atoms with Crippen molar-refractivity contribution in [2.45, 2.75) is 158 Å². The van der Waals surface area contributed by atoms with E-state index in [4.69, 9.17) is 11.6 Å². The van der Waals surface area contributed by atoms with Crippen LogP contribution in [0.1, 0.15) is 155 Å². The van der Waals surface area contributed by atoms with Crippen LogP contribution >= 0.6 is 11.6 Å². The first-order valence-corrected chi connectivity index (χ1v) is 22.1. The molecule has 0 bridgehead atoms. The average molecular weight is 832 g/mol. The number of aromatic nitrogens is 3. The van der Waals surface area contributed by atoms with Gasteiger partial charge in [0.15, 0.2) is 0 Å². The summed E-state index contributed by atoms with van der Waals surface area (Å²) in [6, 6.07) is 17.7. The molecular formula is C48H71ClN3Pd-. The van der Waals surface area contributed by atoms with E-state index in [2.05, 4.69) is 143 Å². The molecule has 2 heterocycles. The fourth-order valence-corrected chi connectivity index (χ4v) is 7.88. The maximum absolute atomic E-state index is 5.42. The molecule has 2 aromatic carbocycles. The fraction of sp³-hybridized carbons (Fsp3) is 0.583. The Hall–Kier alpha value is -2.25. The van der Waals surface area contributed by atoms with Gasteiger partial charge in [0.2, 0.25) is 0 Å². The van der Waals surface area contributed by atoms with Crippen molar-refractivity contribution in [2.24, 2.45) is 23.7 Å². The summed E-state index contributed by atoms with van der Waals surface area (Å²) in [5, 5.41) is 0.558. The van der Waals surface area contributed by atoms with Crippen molar-refractivity contribution in [2.75, 3.05) is 0 Å². The minimum absolute atomic E-state index is 0.558. The Labute approximate surface area is 340 Å². The summed E-state index contributed by atoms with van der Waals surface area (Å²) in [5.74, 6) is 3.10. The van der Waals surface area contributed by atoms with Crippen LogP contribution in [-0.2, 0) is 44.4 Å². The van der Waals surface area contributed by atoms with Gasteiger partial charge in [0.25, 0.3) is 0 Å². The van der Waals surface area contributed by atoms with Gasteiger partial charge in [0, 0.05) is 0 Å². The molecule has 2 aromatic heterocycles. The van der Waals surface area contributed by atoms with Crippen LogP contribution in [0, 0.1) is 33.8 Å². The number of imidazole rings is 1. The zero-order valence-electron chi connectivity index (χ0n) is 34.5. The summed E-state index contributed by atoms with van der Waals surface area (Å²) in [6.07, 6.45) is 28.9. The Balaban J connectivity index is 0.000000964. The number of unbranched alkanes of at least 4 members (excludes halogenated alkanes) is 4. The van der Waals surface area contributed by atoms with Crippen LogP contribution in [0.5, 0.6) is 0 Å². The largest absolute Gasteiger partial charge is 0.393 e. The molecule has 0 unspecified atom stereocenters. The van der Waals surface area contributed by atoms with Gasteiger partial charge in [0.05, 0.1) is 0 Å². The summed E-state index contributed by atoms with van der Waals surface area (Å²) in [6.45, 7) is 18.8. The van der Waals surface area contributed by atoms with Crippen molar-refractivity contribution in [3.63, 3.8) is 0 Å². The number of hydrogen-bond donors (Lipinski definition) is 0. The number of pyridine rings is 1. The van der Waals surface area contributed by atoms with E-state index < -0.39 is 0 Å². The molecule has 5 heteroatoms. The molecule has 53 heavy (non-hydrogen) atoms. The summed E-state index contributed by atoms with van der Waals surface area (Å²) >= 11 is 9.25. The molecule has 0 aliphatic rings. The minimum atomic E-state index is 0.558. The molecule has 0 aliphatic carbocycles. The number of benzene rings is 2. The predicted molar refractivity (Wildman–Crippen MR) is 226 cm³/mol. The zero-order chi connectivity index (χ0) is 38.6. The Kier molecular flexibility index (Phi) is 21.3. The summed E-state index contributed by atoms with van der Waals surface area (Å²) < 4.78 is 6.14. The first kappa shape index (κ1) is 45.1. The van der Waals surface area contributed by atoms with Gasteiger partial charge in [-0.1, -0.05) is 17.4 Å². The van der Waals surface area contributed by atoms with E-state index in [1.807, 2.05) is 0 Å². The van der Waals surface area contributed by atoms with Gasteiger partial charge in [0.1, 0.15) is 0 Å². The quantitative estimate of drug-likeness (QED) is 0.0439. The Bertz CT molecular complexity index is 1460. The topological polar surface area (TPSA) is 22.8 Å². The average Bonchev–Trinajstić information content (AvgIpc) is 3.49. The van der Waals surface area contributed by atoms with Crippen LogP contribution in [0.25, 0.3) is 11.4 Å². The van der Waals surface area contributed by atoms with Crippen molar-refractivity contribution >= 4 is 11.6 Å². The third-order valence-corrected chi connectivity index (χ3v) is 11.1. The van der Waals surface area contributed by atoms with Gasteiger partial charge in [-0.15, -0.1) is 17.7 Å². The van der Waals surface area contributed by atoms with E-state index in [1.165, 1.54) is 115 Å². The second-order valence-corrected chi connectivity index (χ2v) is 17.9. The van der Waals surface area contributed by atoms with E-state index in [0.29, 0.717) is 5.02 Å². The third-order valence-electron chi connectivity index (χ3n) is 10.1. The van der Waals surface area contributed by atoms with E-state index in [0.717, 1.165) is 49.4 Å². The van der Waals surface area contributed by atoms with Gasteiger partial charge in [-0.3, -0.25) is 0 Å². The molecule has 0 atom stereocenters. The van der Waals surface area contributed by atoms with Crippen LogP contribution in [-0.4, -0.2) is 14.1 Å². The smallest absolute Gasteiger partial charge is 0.0535 e. The second kappa shape index (κ2) is 25.0. The molecule has 0 amide bonds. The van der Waals surface area contributed by atoms with E-state index in [1.54, 1.807) is 18.3 Å². The SMILES string of the molecule is CC(C)CCCCc1cccc(CCCCC(C)C)c1-n1ccn(-c2c(CCCCC(C)C)cccc2CCCCC(C)C)[c]1=[Pd].Clc1[c-]nccc1.